The van der Waals surface area contributed by atoms with Crippen LogP contribution in [-0.4, -0.2) is 27.6 Å². The lowest BCUT2D eigenvalue weighted by molar-refractivity contribution is 0.0594. The van der Waals surface area contributed by atoms with E-state index in [1.807, 2.05) is 17.6 Å². The molecule has 7 heteroatoms. The second-order valence-electron chi connectivity index (χ2n) is 5.01. The Bertz CT molecular complexity index is 906. The second kappa shape index (κ2) is 6.18. The first-order valence-corrected chi connectivity index (χ1v) is 7.61. The molecule has 1 aromatic carbocycles. The molecule has 0 aliphatic rings. The number of methoxy groups -OCH3 is 1. The summed E-state index contributed by atoms with van der Waals surface area (Å²) in [5.74, 6) is 0.292. The molecule has 2 aromatic heterocycles. The molecule has 5 nitrogen and oxygen atoms in total. The summed E-state index contributed by atoms with van der Waals surface area (Å²) in [6.45, 7) is 2.42. The third-order valence-corrected chi connectivity index (χ3v) is 4.13. The van der Waals surface area contributed by atoms with Gasteiger partial charge >= 0.3 is 5.97 Å². The molecule has 0 amide bonds. The minimum atomic E-state index is -0.486. The van der Waals surface area contributed by atoms with E-state index in [0.717, 1.165) is 16.9 Å². The highest BCUT2D eigenvalue weighted by molar-refractivity contribution is 6.35. The van der Waals surface area contributed by atoms with Crippen LogP contribution in [0.15, 0.2) is 30.3 Å². The van der Waals surface area contributed by atoms with Gasteiger partial charge in [0.25, 0.3) is 0 Å². The molecule has 0 aliphatic carbocycles. The summed E-state index contributed by atoms with van der Waals surface area (Å²) in [7, 11) is 1.32. The summed E-state index contributed by atoms with van der Waals surface area (Å²) in [6, 6.07) is 8.81. The Morgan fingerprint density at radius 3 is 2.70 bits per heavy atom. The number of fused-ring (bicyclic) bond motifs is 1. The summed E-state index contributed by atoms with van der Waals surface area (Å²) >= 11 is 12.2. The van der Waals surface area contributed by atoms with Gasteiger partial charge in [-0.25, -0.2) is 14.8 Å². The van der Waals surface area contributed by atoms with Gasteiger partial charge in [-0.3, -0.25) is 0 Å². The maximum Gasteiger partial charge on any atom is 0.356 e. The molecule has 0 spiro atoms. The number of aromatic nitrogens is 3. The van der Waals surface area contributed by atoms with Crippen LogP contribution >= 0.6 is 23.2 Å². The fraction of sp³-hybridized carbons (Fsp3) is 0.188. The van der Waals surface area contributed by atoms with Crippen molar-refractivity contribution in [1.82, 2.24) is 14.5 Å². The van der Waals surface area contributed by atoms with E-state index >= 15 is 0 Å². The Morgan fingerprint density at radius 2 is 2.00 bits per heavy atom. The number of rotatable bonds is 3. The number of pyridine rings is 1. The van der Waals surface area contributed by atoms with Crippen LogP contribution in [0, 0.1) is 6.92 Å². The zero-order chi connectivity index (χ0) is 16.6. The molecule has 0 bridgehead atoms. The van der Waals surface area contributed by atoms with E-state index in [0.29, 0.717) is 22.2 Å². The number of carbonyl (C=O) groups excluding carboxylic acids is 1. The van der Waals surface area contributed by atoms with Crippen LogP contribution in [0.4, 0.5) is 0 Å². The van der Waals surface area contributed by atoms with E-state index in [4.69, 9.17) is 23.2 Å². The Labute approximate surface area is 142 Å². The molecule has 0 aliphatic heterocycles. The van der Waals surface area contributed by atoms with Gasteiger partial charge in [0.05, 0.1) is 19.2 Å². The molecular weight excluding hydrogens is 337 g/mol. The third-order valence-electron chi connectivity index (χ3n) is 3.54. The van der Waals surface area contributed by atoms with Crippen LogP contribution in [0.25, 0.3) is 11.2 Å². The fourth-order valence-electron chi connectivity index (χ4n) is 2.36. The van der Waals surface area contributed by atoms with E-state index in [-0.39, 0.29) is 5.69 Å². The van der Waals surface area contributed by atoms with E-state index in [1.165, 1.54) is 7.11 Å². The van der Waals surface area contributed by atoms with Crippen LogP contribution in [0.2, 0.25) is 10.0 Å². The van der Waals surface area contributed by atoms with E-state index < -0.39 is 5.97 Å². The van der Waals surface area contributed by atoms with E-state index in [1.54, 1.807) is 24.3 Å². The average Bonchev–Trinajstić information content (AvgIpc) is 2.84. The van der Waals surface area contributed by atoms with Crippen LogP contribution in [0.1, 0.15) is 21.9 Å². The maximum atomic E-state index is 11.6. The molecule has 0 radical (unpaired) electrons. The van der Waals surface area contributed by atoms with Crippen molar-refractivity contribution >= 4 is 40.3 Å². The average molecular weight is 350 g/mol. The fourth-order valence-corrected chi connectivity index (χ4v) is 2.83. The summed E-state index contributed by atoms with van der Waals surface area (Å²) in [5.41, 5.74) is 2.47. The van der Waals surface area contributed by atoms with Crippen molar-refractivity contribution in [2.45, 2.75) is 13.5 Å². The zero-order valence-corrected chi connectivity index (χ0v) is 14.0. The number of esters is 1. The Hall–Kier alpha value is -2.11. The molecule has 0 saturated carbocycles. The highest BCUT2D eigenvalue weighted by atomic mass is 35.5. The first kappa shape index (κ1) is 15.8. The number of nitrogens with zero attached hydrogens (tertiary/aromatic N) is 3. The molecule has 3 aromatic rings. The summed E-state index contributed by atoms with van der Waals surface area (Å²) < 4.78 is 6.66. The molecule has 3 rings (SSSR count). The highest BCUT2D eigenvalue weighted by Gasteiger charge is 2.14. The number of aryl methyl sites for hydroxylation is 1. The van der Waals surface area contributed by atoms with E-state index in [2.05, 4.69) is 14.7 Å². The summed E-state index contributed by atoms with van der Waals surface area (Å²) in [6.07, 6.45) is 0. The minimum Gasteiger partial charge on any atom is -0.464 e. The van der Waals surface area contributed by atoms with Crippen molar-refractivity contribution in [1.29, 1.82) is 0 Å². The zero-order valence-electron chi connectivity index (χ0n) is 12.5. The van der Waals surface area contributed by atoms with Crippen molar-refractivity contribution in [3.05, 3.63) is 57.5 Å². The molecule has 0 fully saturated rings. The molecular formula is C16H13Cl2N3O2. The normalized spacial score (nSPS) is 11.0. The minimum absolute atomic E-state index is 0.231. The monoisotopic (exact) mass is 349 g/mol. The molecule has 0 atom stereocenters. The lowest BCUT2D eigenvalue weighted by Gasteiger charge is -2.09. The number of hydrogen-bond donors (Lipinski definition) is 0. The Morgan fingerprint density at radius 1 is 1.22 bits per heavy atom. The van der Waals surface area contributed by atoms with Crippen molar-refractivity contribution in [2.24, 2.45) is 0 Å². The maximum absolute atomic E-state index is 11.6. The summed E-state index contributed by atoms with van der Waals surface area (Å²) in [5, 5.41) is 1.19. The van der Waals surface area contributed by atoms with Gasteiger partial charge in [-0.2, -0.15) is 0 Å². The smallest absolute Gasteiger partial charge is 0.356 e. The lowest BCUT2D eigenvalue weighted by Crippen LogP contribution is -2.05. The van der Waals surface area contributed by atoms with Gasteiger partial charge in [0, 0.05) is 10.0 Å². The van der Waals surface area contributed by atoms with Crippen molar-refractivity contribution in [3.63, 3.8) is 0 Å². The number of hydrogen-bond acceptors (Lipinski definition) is 4. The van der Waals surface area contributed by atoms with Crippen molar-refractivity contribution < 1.29 is 9.53 Å². The van der Waals surface area contributed by atoms with Gasteiger partial charge < -0.3 is 9.30 Å². The predicted molar refractivity (Wildman–Crippen MR) is 89.2 cm³/mol. The van der Waals surface area contributed by atoms with Crippen molar-refractivity contribution in [3.8, 4) is 0 Å². The molecule has 2 heterocycles. The van der Waals surface area contributed by atoms with Crippen LogP contribution < -0.4 is 0 Å². The quantitative estimate of drug-likeness (QED) is 0.673. The molecule has 0 unspecified atom stereocenters. The SMILES string of the molecule is COC(=O)c1ccc2c(n1)nc(C)n2Cc1ccc(Cl)cc1Cl. The highest BCUT2D eigenvalue weighted by Crippen LogP contribution is 2.24. The number of benzene rings is 1. The second-order valence-corrected chi connectivity index (χ2v) is 5.86. The molecule has 0 saturated heterocycles. The predicted octanol–water partition coefficient (Wildman–Crippen LogP) is 3.88. The molecule has 118 valence electrons. The van der Waals surface area contributed by atoms with Gasteiger partial charge in [0.2, 0.25) is 0 Å². The Balaban J connectivity index is 2.04. The third kappa shape index (κ3) is 3.02. The first-order valence-electron chi connectivity index (χ1n) is 6.85. The first-order chi connectivity index (χ1) is 11.0. The molecule has 0 N–H and O–H groups in total. The van der Waals surface area contributed by atoms with Gasteiger partial charge in [0.15, 0.2) is 11.3 Å². The Kier molecular flexibility index (Phi) is 4.24. The van der Waals surface area contributed by atoms with Gasteiger partial charge in [-0.1, -0.05) is 29.3 Å². The number of halogens is 2. The number of carbonyl (C=O) groups is 1. The lowest BCUT2D eigenvalue weighted by atomic mass is 10.2. The van der Waals surface area contributed by atoms with Gasteiger partial charge in [-0.15, -0.1) is 0 Å². The number of imidazole rings is 1. The van der Waals surface area contributed by atoms with Crippen LogP contribution in [-0.2, 0) is 11.3 Å². The summed E-state index contributed by atoms with van der Waals surface area (Å²) in [4.78, 5) is 20.2. The van der Waals surface area contributed by atoms with Gasteiger partial charge in [0.1, 0.15) is 5.82 Å². The van der Waals surface area contributed by atoms with Crippen molar-refractivity contribution in [2.75, 3.05) is 7.11 Å². The molecule has 23 heavy (non-hydrogen) atoms. The number of ether oxygens (including phenoxy) is 1. The van der Waals surface area contributed by atoms with Crippen LogP contribution in [0.5, 0.6) is 0 Å². The largest absolute Gasteiger partial charge is 0.464 e. The standard InChI is InChI=1S/C16H13Cl2N3O2/c1-9-19-15-14(6-5-13(20-15)16(22)23-2)21(9)8-10-3-4-11(17)7-12(10)18/h3-7H,8H2,1-2H3. The topological polar surface area (TPSA) is 57.0 Å². The van der Waals surface area contributed by atoms with Gasteiger partial charge in [-0.05, 0) is 36.8 Å². The van der Waals surface area contributed by atoms with Crippen LogP contribution in [0.3, 0.4) is 0 Å². The van der Waals surface area contributed by atoms with E-state index in [9.17, 15) is 4.79 Å².